The van der Waals surface area contributed by atoms with Gasteiger partial charge in [0.2, 0.25) is 0 Å². The van der Waals surface area contributed by atoms with Gasteiger partial charge in [0.25, 0.3) is 5.91 Å². The van der Waals surface area contributed by atoms with E-state index in [1.807, 2.05) is 0 Å². The number of halogens is 3. The van der Waals surface area contributed by atoms with Gasteiger partial charge in [-0.05, 0) is 30.3 Å². The second-order valence-corrected chi connectivity index (χ2v) is 5.76. The number of nitrogens with one attached hydrogen (secondary N) is 1. The van der Waals surface area contributed by atoms with Crippen molar-refractivity contribution >= 4 is 34.8 Å². The van der Waals surface area contributed by atoms with E-state index in [4.69, 9.17) is 32.7 Å². The van der Waals surface area contributed by atoms with Gasteiger partial charge in [-0.2, -0.15) is 0 Å². The molecule has 2 aromatic carbocycles. The van der Waals surface area contributed by atoms with Crippen LogP contribution in [0, 0.1) is 5.82 Å². The van der Waals surface area contributed by atoms with E-state index in [-0.39, 0.29) is 21.3 Å². The molecule has 0 fully saturated rings. The van der Waals surface area contributed by atoms with Crippen molar-refractivity contribution in [2.75, 3.05) is 18.5 Å². The molecular weight excluding hydrogens is 344 g/mol. The lowest BCUT2D eigenvalue weighted by Gasteiger charge is -2.12. The van der Waals surface area contributed by atoms with Crippen LogP contribution in [-0.2, 0) is 0 Å². The molecule has 0 spiro atoms. The second-order valence-electron chi connectivity index (χ2n) is 4.91. The summed E-state index contributed by atoms with van der Waals surface area (Å²) >= 11 is 11.8. The summed E-state index contributed by atoms with van der Waals surface area (Å²) in [6.07, 6.45) is 0.725. The minimum atomic E-state index is -0.619. The number of carbonyl (C=O) groups excluding carboxylic acids is 1. The minimum absolute atomic E-state index is 0.0302. The molecule has 0 saturated carbocycles. The molecule has 1 heterocycles. The molecule has 3 rings (SSSR count). The lowest BCUT2D eigenvalue weighted by molar-refractivity contribution is 0.102. The van der Waals surface area contributed by atoms with Crippen LogP contribution in [0.3, 0.4) is 0 Å². The third-order valence-corrected chi connectivity index (χ3v) is 3.76. The molecule has 1 aliphatic heterocycles. The molecule has 0 aliphatic carbocycles. The smallest absolute Gasteiger partial charge is 0.255 e. The van der Waals surface area contributed by atoms with Gasteiger partial charge in [0.1, 0.15) is 5.82 Å². The summed E-state index contributed by atoms with van der Waals surface area (Å²) in [6.45, 7) is 0.967. The zero-order valence-electron chi connectivity index (χ0n) is 11.9. The standard InChI is InChI=1S/C16H12Cl2FNO3/c17-10-2-3-13(12(19)8-10)20-16(21)9-6-11(18)15-14(7-9)22-4-1-5-23-15/h2-3,6-8H,1,4-5H2,(H,20,21). The maximum absolute atomic E-state index is 13.8. The van der Waals surface area contributed by atoms with E-state index in [0.29, 0.717) is 24.7 Å². The molecular formula is C16H12Cl2FNO3. The first-order valence-corrected chi connectivity index (χ1v) is 7.66. The quantitative estimate of drug-likeness (QED) is 0.859. The van der Waals surface area contributed by atoms with E-state index >= 15 is 0 Å². The van der Waals surface area contributed by atoms with Gasteiger partial charge in [0, 0.05) is 17.0 Å². The van der Waals surface area contributed by atoms with Crippen molar-refractivity contribution in [3.8, 4) is 11.5 Å². The fraction of sp³-hybridized carbons (Fsp3) is 0.188. The number of carbonyl (C=O) groups is 1. The normalized spacial score (nSPS) is 13.3. The first kappa shape index (κ1) is 15.9. The zero-order valence-corrected chi connectivity index (χ0v) is 13.4. The van der Waals surface area contributed by atoms with Gasteiger partial charge in [-0.3, -0.25) is 4.79 Å². The predicted octanol–water partition coefficient (Wildman–Crippen LogP) is 4.55. The van der Waals surface area contributed by atoms with E-state index < -0.39 is 11.7 Å². The highest BCUT2D eigenvalue weighted by atomic mass is 35.5. The molecule has 1 amide bonds. The summed E-state index contributed by atoms with van der Waals surface area (Å²) < 4.78 is 24.8. The largest absolute Gasteiger partial charge is 0.489 e. The Bertz CT molecular complexity index is 767. The molecule has 2 aromatic rings. The molecule has 1 N–H and O–H groups in total. The van der Waals surface area contributed by atoms with Crippen LogP contribution in [0.5, 0.6) is 11.5 Å². The fourth-order valence-electron chi connectivity index (χ4n) is 2.15. The van der Waals surface area contributed by atoms with Crippen molar-refractivity contribution in [2.24, 2.45) is 0 Å². The van der Waals surface area contributed by atoms with Crippen LogP contribution in [-0.4, -0.2) is 19.1 Å². The van der Waals surface area contributed by atoms with Gasteiger partial charge in [-0.15, -0.1) is 0 Å². The first-order valence-electron chi connectivity index (χ1n) is 6.90. The molecule has 23 heavy (non-hydrogen) atoms. The van der Waals surface area contributed by atoms with Gasteiger partial charge in [-0.1, -0.05) is 23.2 Å². The number of hydrogen-bond acceptors (Lipinski definition) is 3. The Labute approximate surface area is 142 Å². The summed E-state index contributed by atoms with van der Waals surface area (Å²) in [7, 11) is 0. The summed E-state index contributed by atoms with van der Waals surface area (Å²) in [4.78, 5) is 12.3. The average Bonchev–Trinajstić information content (AvgIpc) is 2.75. The zero-order chi connectivity index (χ0) is 16.4. The predicted molar refractivity (Wildman–Crippen MR) is 86.4 cm³/mol. The van der Waals surface area contributed by atoms with Crippen molar-refractivity contribution in [3.05, 3.63) is 51.8 Å². The highest BCUT2D eigenvalue weighted by Gasteiger charge is 2.19. The summed E-state index contributed by atoms with van der Waals surface area (Å²) in [5.74, 6) is -0.315. The van der Waals surface area contributed by atoms with Crippen molar-refractivity contribution in [3.63, 3.8) is 0 Å². The van der Waals surface area contributed by atoms with Crippen LogP contribution >= 0.6 is 23.2 Å². The molecule has 1 aliphatic rings. The maximum atomic E-state index is 13.8. The Kier molecular flexibility index (Phi) is 4.59. The number of anilines is 1. The molecule has 120 valence electrons. The Morgan fingerprint density at radius 3 is 2.70 bits per heavy atom. The lowest BCUT2D eigenvalue weighted by Crippen LogP contribution is -2.13. The van der Waals surface area contributed by atoms with Gasteiger partial charge >= 0.3 is 0 Å². The SMILES string of the molecule is O=C(Nc1ccc(Cl)cc1F)c1cc(Cl)c2c(c1)OCCCO2. The highest BCUT2D eigenvalue weighted by Crippen LogP contribution is 2.38. The fourth-order valence-corrected chi connectivity index (χ4v) is 2.57. The molecule has 4 nitrogen and oxygen atoms in total. The number of amides is 1. The summed E-state index contributed by atoms with van der Waals surface area (Å²) in [5.41, 5.74) is 0.274. The number of ether oxygens (including phenoxy) is 2. The van der Waals surface area contributed by atoms with E-state index in [1.54, 1.807) is 0 Å². The van der Waals surface area contributed by atoms with Gasteiger partial charge in [-0.25, -0.2) is 4.39 Å². The van der Waals surface area contributed by atoms with Crippen LogP contribution in [0.25, 0.3) is 0 Å². The molecule has 0 atom stereocenters. The third-order valence-electron chi connectivity index (χ3n) is 3.24. The molecule has 0 aromatic heterocycles. The van der Waals surface area contributed by atoms with E-state index in [9.17, 15) is 9.18 Å². The Morgan fingerprint density at radius 1 is 1.13 bits per heavy atom. The van der Waals surface area contributed by atoms with E-state index in [2.05, 4.69) is 5.32 Å². The highest BCUT2D eigenvalue weighted by molar-refractivity contribution is 6.33. The molecule has 0 bridgehead atoms. The Hall–Kier alpha value is -1.98. The van der Waals surface area contributed by atoms with Gasteiger partial charge in [0.05, 0.1) is 23.9 Å². The van der Waals surface area contributed by atoms with Crippen molar-refractivity contribution < 1.29 is 18.7 Å². The van der Waals surface area contributed by atoms with Gasteiger partial charge < -0.3 is 14.8 Å². The number of hydrogen-bond donors (Lipinski definition) is 1. The monoisotopic (exact) mass is 355 g/mol. The van der Waals surface area contributed by atoms with Crippen molar-refractivity contribution in [1.29, 1.82) is 0 Å². The Morgan fingerprint density at radius 2 is 1.91 bits per heavy atom. The Balaban J connectivity index is 1.87. The number of benzene rings is 2. The van der Waals surface area contributed by atoms with E-state index in [0.717, 1.165) is 12.5 Å². The first-order chi connectivity index (χ1) is 11.0. The van der Waals surface area contributed by atoms with Crippen molar-refractivity contribution in [1.82, 2.24) is 0 Å². The molecule has 0 unspecified atom stereocenters. The summed E-state index contributed by atoms with van der Waals surface area (Å²) in [6, 6.07) is 6.98. The third kappa shape index (κ3) is 3.51. The second kappa shape index (κ2) is 6.64. The van der Waals surface area contributed by atoms with Crippen LogP contribution in [0.1, 0.15) is 16.8 Å². The van der Waals surface area contributed by atoms with Crippen molar-refractivity contribution in [2.45, 2.75) is 6.42 Å². The molecule has 7 heteroatoms. The summed E-state index contributed by atoms with van der Waals surface area (Å²) in [5, 5.41) is 2.99. The number of fused-ring (bicyclic) bond motifs is 1. The van der Waals surface area contributed by atoms with Crippen LogP contribution in [0.4, 0.5) is 10.1 Å². The van der Waals surface area contributed by atoms with E-state index in [1.165, 1.54) is 24.3 Å². The maximum Gasteiger partial charge on any atom is 0.255 e. The topological polar surface area (TPSA) is 47.6 Å². The van der Waals surface area contributed by atoms with Crippen LogP contribution in [0.2, 0.25) is 10.0 Å². The number of rotatable bonds is 2. The minimum Gasteiger partial charge on any atom is -0.489 e. The molecule has 0 saturated heterocycles. The van der Waals surface area contributed by atoms with Crippen LogP contribution < -0.4 is 14.8 Å². The lowest BCUT2D eigenvalue weighted by atomic mass is 10.1. The van der Waals surface area contributed by atoms with Gasteiger partial charge in [0.15, 0.2) is 11.5 Å². The van der Waals surface area contributed by atoms with Crippen LogP contribution in [0.15, 0.2) is 30.3 Å². The average molecular weight is 356 g/mol. The molecule has 0 radical (unpaired) electrons.